The zero-order valence-corrected chi connectivity index (χ0v) is 11.8. The average molecular weight is 238 g/mol. The maximum atomic E-state index is 6.16. The number of hydrogen-bond acceptors (Lipinski definition) is 2. The molecule has 2 aliphatic rings. The largest absolute Gasteiger partial charge is 0.329 e. The van der Waals surface area contributed by atoms with Crippen LogP contribution < -0.4 is 5.73 Å². The number of likely N-dealkylation sites (N-methyl/N-ethyl adjacent to an activating group) is 1. The Morgan fingerprint density at radius 3 is 2.35 bits per heavy atom. The summed E-state index contributed by atoms with van der Waals surface area (Å²) in [6, 6.07) is 0. The molecule has 2 rings (SSSR count). The summed E-state index contributed by atoms with van der Waals surface area (Å²) in [5.41, 5.74) is 6.47. The Hall–Kier alpha value is -0.0800. The Bertz CT molecular complexity index is 235. The van der Waals surface area contributed by atoms with Crippen molar-refractivity contribution >= 4 is 0 Å². The molecule has 0 bridgehead atoms. The molecule has 2 unspecified atom stereocenters. The summed E-state index contributed by atoms with van der Waals surface area (Å²) in [6.45, 7) is 4.54. The summed E-state index contributed by atoms with van der Waals surface area (Å²) in [6.07, 6.45) is 11.2. The van der Waals surface area contributed by atoms with Crippen LogP contribution in [0.3, 0.4) is 0 Å². The third-order valence-corrected chi connectivity index (χ3v) is 5.53. The Labute approximate surface area is 107 Å². The first-order valence-electron chi connectivity index (χ1n) is 7.60. The van der Waals surface area contributed by atoms with Gasteiger partial charge in [0.2, 0.25) is 0 Å². The highest BCUT2D eigenvalue weighted by Crippen LogP contribution is 2.38. The zero-order chi connectivity index (χ0) is 12.3. The van der Waals surface area contributed by atoms with E-state index in [-0.39, 0.29) is 0 Å². The summed E-state index contributed by atoms with van der Waals surface area (Å²) >= 11 is 0. The standard InChI is InChI=1S/C15H30N2/c1-13-7-5-6-10-15(13,12-16)17(2)11-14-8-3-4-9-14/h13-14H,3-12,16H2,1-2H3. The van der Waals surface area contributed by atoms with E-state index in [0.29, 0.717) is 5.54 Å². The predicted octanol–water partition coefficient (Wildman–Crippen LogP) is 3.02. The van der Waals surface area contributed by atoms with Crippen molar-refractivity contribution in [2.45, 2.75) is 63.8 Å². The van der Waals surface area contributed by atoms with Gasteiger partial charge in [0, 0.05) is 18.6 Å². The second kappa shape index (κ2) is 5.71. The van der Waals surface area contributed by atoms with Gasteiger partial charge in [0.05, 0.1) is 0 Å². The fourth-order valence-electron chi connectivity index (χ4n) is 4.18. The first-order chi connectivity index (χ1) is 8.19. The quantitative estimate of drug-likeness (QED) is 0.816. The van der Waals surface area contributed by atoms with Crippen molar-refractivity contribution in [3.05, 3.63) is 0 Å². The molecule has 17 heavy (non-hydrogen) atoms. The van der Waals surface area contributed by atoms with E-state index in [0.717, 1.165) is 18.4 Å². The minimum Gasteiger partial charge on any atom is -0.329 e. The molecule has 0 aromatic heterocycles. The van der Waals surface area contributed by atoms with Gasteiger partial charge in [-0.25, -0.2) is 0 Å². The number of nitrogens with zero attached hydrogens (tertiary/aromatic N) is 1. The van der Waals surface area contributed by atoms with Gasteiger partial charge < -0.3 is 5.73 Å². The van der Waals surface area contributed by atoms with E-state index in [2.05, 4.69) is 18.9 Å². The molecule has 2 saturated carbocycles. The fourth-order valence-corrected chi connectivity index (χ4v) is 4.18. The Kier molecular flexibility index (Phi) is 4.48. The van der Waals surface area contributed by atoms with E-state index in [4.69, 9.17) is 5.73 Å². The van der Waals surface area contributed by atoms with E-state index in [1.54, 1.807) is 0 Å². The van der Waals surface area contributed by atoms with Crippen molar-refractivity contribution in [2.24, 2.45) is 17.6 Å². The first-order valence-corrected chi connectivity index (χ1v) is 7.60. The van der Waals surface area contributed by atoms with Gasteiger partial charge in [-0.1, -0.05) is 32.6 Å². The summed E-state index contributed by atoms with van der Waals surface area (Å²) < 4.78 is 0. The molecule has 2 atom stereocenters. The first kappa shape index (κ1) is 13.4. The van der Waals surface area contributed by atoms with Gasteiger partial charge in [0.15, 0.2) is 0 Å². The number of rotatable bonds is 4. The Morgan fingerprint density at radius 2 is 1.76 bits per heavy atom. The molecule has 0 saturated heterocycles. The molecule has 0 aromatic rings. The molecule has 0 aromatic carbocycles. The highest BCUT2D eigenvalue weighted by Gasteiger charge is 2.40. The van der Waals surface area contributed by atoms with Crippen molar-refractivity contribution in [1.29, 1.82) is 0 Å². The fraction of sp³-hybridized carbons (Fsp3) is 1.00. The van der Waals surface area contributed by atoms with Crippen LogP contribution in [0.5, 0.6) is 0 Å². The highest BCUT2D eigenvalue weighted by molar-refractivity contribution is 4.97. The smallest absolute Gasteiger partial charge is 0.0354 e. The van der Waals surface area contributed by atoms with E-state index in [9.17, 15) is 0 Å². The maximum Gasteiger partial charge on any atom is 0.0354 e. The van der Waals surface area contributed by atoms with Gasteiger partial charge >= 0.3 is 0 Å². The summed E-state index contributed by atoms with van der Waals surface area (Å²) in [4.78, 5) is 2.63. The van der Waals surface area contributed by atoms with E-state index in [1.807, 2.05) is 0 Å². The molecule has 0 spiro atoms. The molecule has 0 aliphatic heterocycles. The lowest BCUT2D eigenvalue weighted by Gasteiger charge is -2.49. The lowest BCUT2D eigenvalue weighted by molar-refractivity contribution is 0.0233. The Morgan fingerprint density at radius 1 is 1.12 bits per heavy atom. The second-order valence-corrected chi connectivity index (χ2v) is 6.49. The maximum absolute atomic E-state index is 6.16. The van der Waals surface area contributed by atoms with Crippen LogP contribution in [0.25, 0.3) is 0 Å². The van der Waals surface area contributed by atoms with Crippen LogP contribution in [0, 0.1) is 11.8 Å². The number of hydrogen-bond donors (Lipinski definition) is 1. The monoisotopic (exact) mass is 238 g/mol. The van der Waals surface area contributed by atoms with Gasteiger partial charge in [-0.15, -0.1) is 0 Å². The molecule has 2 fully saturated rings. The number of nitrogens with two attached hydrogens (primary N) is 1. The van der Waals surface area contributed by atoms with Crippen molar-refractivity contribution in [2.75, 3.05) is 20.1 Å². The van der Waals surface area contributed by atoms with Crippen LogP contribution in [0.1, 0.15) is 58.3 Å². The third-order valence-electron chi connectivity index (χ3n) is 5.53. The zero-order valence-electron chi connectivity index (χ0n) is 11.8. The minimum absolute atomic E-state index is 0.306. The molecular weight excluding hydrogens is 208 g/mol. The highest BCUT2D eigenvalue weighted by atomic mass is 15.2. The molecule has 0 amide bonds. The predicted molar refractivity (Wildman–Crippen MR) is 74.0 cm³/mol. The van der Waals surface area contributed by atoms with Crippen molar-refractivity contribution in [3.63, 3.8) is 0 Å². The van der Waals surface area contributed by atoms with Crippen LogP contribution in [-0.2, 0) is 0 Å². The second-order valence-electron chi connectivity index (χ2n) is 6.49. The van der Waals surface area contributed by atoms with Gasteiger partial charge in [0.1, 0.15) is 0 Å². The van der Waals surface area contributed by atoms with E-state index in [1.165, 1.54) is 57.9 Å². The molecule has 0 heterocycles. The Balaban J connectivity index is 1.99. The lowest BCUT2D eigenvalue weighted by Crippen LogP contribution is -2.58. The van der Waals surface area contributed by atoms with Crippen LogP contribution >= 0.6 is 0 Å². The van der Waals surface area contributed by atoms with Crippen LogP contribution in [0.15, 0.2) is 0 Å². The van der Waals surface area contributed by atoms with Crippen LogP contribution in [0.2, 0.25) is 0 Å². The van der Waals surface area contributed by atoms with Gasteiger partial charge in [-0.3, -0.25) is 4.90 Å². The molecule has 100 valence electrons. The van der Waals surface area contributed by atoms with Crippen LogP contribution in [0.4, 0.5) is 0 Å². The van der Waals surface area contributed by atoms with Gasteiger partial charge in [0.25, 0.3) is 0 Å². The summed E-state index contributed by atoms with van der Waals surface area (Å²) in [5, 5.41) is 0. The van der Waals surface area contributed by atoms with Crippen molar-refractivity contribution in [1.82, 2.24) is 4.90 Å². The molecule has 2 heteroatoms. The van der Waals surface area contributed by atoms with E-state index >= 15 is 0 Å². The van der Waals surface area contributed by atoms with Crippen molar-refractivity contribution in [3.8, 4) is 0 Å². The van der Waals surface area contributed by atoms with Gasteiger partial charge in [-0.2, -0.15) is 0 Å². The van der Waals surface area contributed by atoms with E-state index < -0.39 is 0 Å². The molecule has 0 radical (unpaired) electrons. The van der Waals surface area contributed by atoms with Gasteiger partial charge in [-0.05, 0) is 44.6 Å². The molecule has 2 nitrogen and oxygen atoms in total. The summed E-state index contributed by atoms with van der Waals surface area (Å²) in [5.74, 6) is 1.71. The van der Waals surface area contributed by atoms with Crippen LogP contribution in [-0.4, -0.2) is 30.6 Å². The topological polar surface area (TPSA) is 29.3 Å². The summed E-state index contributed by atoms with van der Waals surface area (Å²) in [7, 11) is 2.33. The van der Waals surface area contributed by atoms with Crippen molar-refractivity contribution < 1.29 is 0 Å². The normalized spacial score (nSPS) is 35.6. The lowest BCUT2D eigenvalue weighted by atomic mass is 9.72. The SMILES string of the molecule is CC1CCCCC1(CN)N(C)CC1CCCC1. The third kappa shape index (κ3) is 2.68. The molecular formula is C15H30N2. The average Bonchev–Trinajstić information content (AvgIpc) is 2.82. The molecule has 2 N–H and O–H groups in total. The molecule has 2 aliphatic carbocycles. The minimum atomic E-state index is 0.306.